The quantitative estimate of drug-likeness (QED) is 0.0519. The van der Waals surface area contributed by atoms with Crippen molar-refractivity contribution in [3.8, 4) is 0 Å². The molecule has 40 heavy (non-hydrogen) atoms. The zero-order valence-electron chi connectivity index (χ0n) is 23.3. The van der Waals surface area contributed by atoms with Crippen molar-refractivity contribution in [1.82, 2.24) is 9.97 Å². The molecule has 4 radical (unpaired) electrons. The van der Waals surface area contributed by atoms with Gasteiger partial charge in [0.15, 0.2) is 27.7 Å². The Morgan fingerprint density at radius 3 is 1.43 bits per heavy atom. The zero-order valence-corrected chi connectivity index (χ0v) is 30.2. The Kier molecular flexibility index (Phi) is 13.7. The molecule has 0 aliphatic carbocycles. The van der Waals surface area contributed by atoms with Crippen molar-refractivity contribution in [3.05, 3.63) is 35.4 Å². The summed E-state index contributed by atoms with van der Waals surface area (Å²) in [4.78, 5) is 10.1. The van der Waals surface area contributed by atoms with E-state index in [9.17, 15) is 0 Å². The van der Waals surface area contributed by atoms with Crippen LogP contribution in [0.25, 0.3) is 20.4 Å². The summed E-state index contributed by atoms with van der Waals surface area (Å²) in [5.74, 6) is -0.436. The zero-order chi connectivity index (χ0) is 28.5. The highest BCUT2D eigenvalue weighted by atomic mass is 33.7. The van der Waals surface area contributed by atoms with Gasteiger partial charge in [0.1, 0.15) is 11.8 Å². The van der Waals surface area contributed by atoms with Gasteiger partial charge in [0.2, 0.25) is 0 Å². The van der Waals surface area contributed by atoms with Gasteiger partial charge < -0.3 is 18.9 Å². The maximum Gasteiger partial charge on any atom is 0.162 e. The van der Waals surface area contributed by atoms with E-state index in [0.29, 0.717) is 19.0 Å². The molecular weight excluding hydrogens is 653 g/mol. The monoisotopic (exact) mass is 684 g/mol. The highest BCUT2D eigenvalue weighted by Gasteiger charge is 2.19. The molecule has 6 nitrogen and oxygen atoms in total. The van der Waals surface area contributed by atoms with Gasteiger partial charge in [-0.2, -0.15) is 0 Å². The van der Waals surface area contributed by atoms with Crippen LogP contribution in [-0.4, -0.2) is 69.3 Å². The summed E-state index contributed by atoms with van der Waals surface area (Å²) in [5.41, 5.74) is 4.90. The van der Waals surface area contributed by atoms with Crippen LogP contribution in [-0.2, 0) is 31.8 Å². The summed E-state index contributed by atoms with van der Waals surface area (Å²) in [6, 6.07) is 8.83. The smallest absolute Gasteiger partial charge is 0.162 e. The maximum atomic E-state index is 5.47. The van der Waals surface area contributed by atoms with Gasteiger partial charge in [-0.1, -0.05) is 49.2 Å². The normalized spacial score (nSPS) is 12.1. The van der Waals surface area contributed by atoms with Gasteiger partial charge >= 0.3 is 0 Å². The lowest BCUT2D eigenvalue weighted by atomic mass is 10.1. The molecule has 0 fully saturated rings. The number of rotatable bonds is 17. The highest BCUT2D eigenvalue weighted by molar-refractivity contribution is 9.26. The summed E-state index contributed by atoms with van der Waals surface area (Å²) >= 11 is 3.52. The van der Waals surface area contributed by atoms with Crippen molar-refractivity contribution in [2.24, 2.45) is 0 Å². The minimum atomic E-state index is -0.218. The third kappa shape index (κ3) is 8.29. The molecule has 4 aromatic rings. The first-order valence-corrected chi connectivity index (χ1v) is 21.3. The van der Waals surface area contributed by atoms with E-state index in [1.807, 2.05) is 0 Å². The van der Waals surface area contributed by atoms with Crippen molar-refractivity contribution in [2.75, 3.05) is 28.4 Å². The van der Waals surface area contributed by atoms with Crippen molar-refractivity contribution < 1.29 is 18.9 Å². The molecule has 0 N–H and O–H groups in total. The molecular formula is C26H32N2O4S6Si2. The summed E-state index contributed by atoms with van der Waals surface area (Å²) < 4.78 is 26.5. The van der Waals surface area contributed by atoms with E-state index in [0.717, 1.165) is 45.4 Å². The first-order chi connectivity index (χ1) is 19.5. The standard InChI is InChI=1S/C26H32N2O4S6Si2/c1-7-9-15-19(39-25(29-3)30-4)13-11-17-21(15)27-23(33-17)35-37-38-36-24-28-22-16(10-8-2)20(14-12-18(22)34-24)40-26(31-5)32-6/h11-14,25-26H,7-10H2,1-6H3. The lowest BCUT2D eigenvalue weighted by Crippen LogP contribution is -2.33. The Labute approximate surface area is 264 Å². The second-order valence-electron chi connectivity index (χ2n) is 8.53. The molecule has 0 aliphatic rings. The number of aryl methyl sites for hydroxylation is 2. The molecule has 2 aromatic carbocycles. The van der Waals surface area contributed by atoms with E-state index in [2.05, 4.69) is 38.1 Å². The number of thiazole rings is 2. The molecule has 0 bridgehead atoms. The molecule has 0 atom stereocenters. The third-order valence-electron chi connectivity index (χ3n) is 5.93. The summed E-state index contributed by atoms with van der Waals surface area (Å²) in [5, 5.41) is 2.56. The Bertz CT molecular complexity index is 1280. The largest absolute Gasteiger partial charge is 0.360 e. The van der Waals surface area contributed by atoms with Crippen molar-refractivity contribution in [3.63, 3.8) is 0 Å². The highest BCUT2D eigenvalue weighted by Crippen LogP contribution is 2.51. The van der Waals surface area contributed by atoms with Crippen LogP contribution < -0.4 is 10.4 Å². The summed E-state index contributed by atoms with van der Waals surface area (Å²) in [6.45, 7) is 4.43. The number of ether oxygens (including phenoxy) is 4. The number of methoxy groups -OCH3 is 4. The van der Waals surface area contributed by atoms with Gasteiger partial charge in [-0.3, -0.25) is 0 Å². The average Bonchev–Trinajstić information content (AvgIpc) is 3.58. The number of nitrogens with zero attached hydrogens (tertiary/aromatic N) is 2. The first kappa shape index (κ1) is 32.8. The van der Waals surface area contributed by atoms with Crippen LogP contribution in [0.5, 0.6) is 0 Å². The summed E-state index contributed by atoms with van der Waals surface area (Å²) in [7, 11) is 14.6. The van der Waals surface area contributed by atoms with Crippen LogP contribution in [0, 0.1) is 0 Å². The number of fused-ring (bicyclic) bond motifs is 2. The van der Waals surface area contributed by atoms with Crippen molar-refractivity contribution in [2.45, 2.75) is 60.0 Å². The lowest BCUT2D eigenvalue weighted by molar-refractivity contribution is -0.0430. The molecule has 14 heteroatoms. The van der Waals surface area contributed by atoms with E-state index in [1.165, 1.54) is 30.9 Å². The second-order valence-corrected chi connectivity index (χ2v) is 19.4. The first-order valence-electron chi connectivity index (χ1n) is 12.7. The topological polar surface area (TPSA) is 62.7 Å². The van der Waals surface area contributed by atoms with Gasteiger partial charge in [-0.05, 0) is 77.3 Å². The molecule has 0 spiro atoms. The SMILES string of the molecule is CCCc1c([Si]C(OC)OC)ccc2sc(SSSSc3nc4c(CCC)c([Si]C(OC)OC)ccc4s3)nc12. The van der Waals surface area contributed by atoms with E-state index < -0.39 is 0 Å². The van der Waals surface area contributed by atoms with Gasteiger partial charge in [-0.25, -0.2) is 9.97 Å². The minimum absolute atomic E-state index is 0.218. The fourth-order valence-corrected chi connectivity index (χ4v) is 14.9. The average molecular weight is 685 g/mol. The lowest BCUT2D eigenvalue weighted by Gasteiger charge is -2.15. The van der Waals surface area contributed by atoms with E-state index in [1.54, 1.807) is 92.4 Å². The molecule has 4 rings (SSSR count). The predicted octanol–water partition coefficient (Wildman–Crippen LogP) is 6.72. The Balaban J connectivity index is 1.42. The maximum absolute atomic E-state index is 5.47. The summed E-state index contributed by atoms with van der Waals surface area (Å²) in [6.07, 6.45) is 4.16. The van der Waals surface area contributed by atoms with Crippen LogP contribution in [0.15, 0.2) is 32.9 Å². The molecule has 0 aliphatic heterocycles. The fraction of sp³-hybridized carbons (Fsp3) is 0.462. The van der Waals surface area contributed by atoms with E-state index in [-0.39, 0.29) is 11.8 Å². The van der Waals surface area contributed by atoms with E-state index in [4.69, 9.17) is 28.9 Å². The van der Waals surface area contributed by atoms with Crippen molar-refractivity contribution >= 4 is 114 Å². The third-order valence-corrected chi connectivity index (χ3v) is 17.6. The van der Waals surface area contributed by atoms with Gasteiger partial charge in [0, 0.05) is 28.4 Å². The van der Waals surface area contributed by atoms with Crippen LogP contribution in [0.3, 0.4) is 0 Å². The van der Waals surface area contributed by atoms with Gasteiger partial charge in [-0.15, -0.1) is 22.7 Å². The van der Waals surface area contributed by atoms with Crippen LogP contribution in [0.4, 0.5) is 0 Å². The van der Waals surface area contributed by atoms with Gasteiger partial charge in [0.25, 0.3) is 0 Å². The second kappa shape index (κ2) is 16.7. The van der Waals surface area contributed by atoms with E-state index >= 15 is 0 Å². The molecule has 2 heterocycles. The van der Waals surface area contributed by atoms with Crippen LogP contribution in [0.2, 0.25) is 0 Å². The Hall–Kier alpha value is -0.106. The molecule has 0 unspecified atom stereocenters. The molecule has 0 saturated heterocycles. The minimum Gasteiger partial charge on any atom is -0.360 e. The van der Waals surface area contributed by atoms with Gasteiger partial charge in [0.05, 0.1) is 20.4 Å². The van der Waals surface area contributed by atoms with Crippen LogP contribution in [0.1, 0.15) is 37.8 Å². The molecule has 0 amide bonds. The number of aromatic nitrogens is 2. The molecule has 2 aromatic heterocycles. The fourth-order valence-electron chi connectivity index (χ4n) is 4.17. The number of hydrogen-bond donors (Lipinski definition) is 0. The Morgan fingerprint density at radius 1 is 0.675 bits per heavy atom. The Morgan fingerprint density at radius 2 is 1.07 bits per heavy atom. The molecule has 214 valence electrons. The number of hydrogen-bond acceptors (Lipinski definition) is 12. The van der Waals surface area contributed by atoms with Crippen molar-refractivity contribution in [1.29, 1.82) is 0 Å². The predicted molar refractivity (Wildman–Crippen MR) is 181 cm³/mol. The number of benzene rings is 2. The van der Waals surface area contributed by atoms with Crippen LogP contribution >= 0.6 is 63.9 Å². The molecule has 0 saturated carbocycles.